The van der Waals surface area contributed by atoms with Crippen molar-refractivity contribution >= 4 is 0 Å². The lowest BCUT2D eigenvalue weighted by Crippen LogP contribution is -2.35. The van der Waals surface area contributed by atoms with Gasteiger partial charge in [-0.2, -0.15) is 5.10 Å². The summed E-state index contributed by atoms with van der Waals surface area (Å²) in [6.45, 7) is 6.62. The van der Waals surface area contributed by atoms with Crippen LogP contribution in [0.3, 0.4) is 0 Å². The molecule has 1 aromatic heterocycles. The van der Waals surface area contributed by atoms with Gasteiger partial charge in [0.1, 0.15) is 0 Å². The predicted molar refractivity (Wildman–Crippen MR) is 80.0 cm³/mol. The zero-order chi connectivity index (χ0) is 13.8. The molecule has 19 heavy (non-hydrogen) atoms. The van der Waals surface area contributed by atoms with E-state index < -0.39 is 0 Å². The molecule has 0 aliphatic heterocycles. The van der Waals surface area contributed by atoms with Crippen molar-refractivity contribution in [2.24, 2.45) is 17.6 Å². The Kier molecular flexibility index (Phi) is 5.03. The smallest absolute Gasteiger partial charge is 0.0640 e. The summed E-state index contributed by atoms with van der Waals surface area (Å²) in [4.78, 5) is 0. The summed E-state index contributed by atoms with van der Waals surface area (Å²) in [7, 11) is 0. The average Bonchev–Trinajstić information content (AvgIpc) is 2.87. The first-order valence-electron chi connectivity index (χ1n) is 7.89. The Labute approximate surface area is 117 Å². The van der Waals surface area contributed by atoms with E-state index in [9.17, 15) is 0 Å². The van der Waals surface area contributed by atoms with E-state index >= 15 is 0 Å². The van der Waals surface area contributed by atoms with E-state index in [-0.39, 0.29) is 6.04 Å². The number of nitrogens with two attached hydrogens (primary N) is 1. The fraction of sp³-hybridized carbons (Fsp3) is 0.812. The summed E-state index contributed by atoms with van der Waals surface area (Å²) in [6, 6.07) is 2.84. The lowest BCUT2D eigenvalue weighted by atomic mass is 9.77. The Morgan fingerprint density at radius 2 is 2.00 bits per heavy atom. The number of rotatable bonds is 5. The molecule has 1 aliphatic rings. The lowest BCUT2D eigenvalue weighted by molar-refractivity contribution is 0.237. The van der Waals surface area contributed by atoms with Gasteiger partial charge in [-0.25, -0.2) is 0 Å². The number of hydrogen-bond acceptors (Lipinski definition) is 2. The van der Waals surface area contributed by atoms with Crippen LogP contribution in [0.4, 0.5) is 0 Å². The Hall–Kier alpha value is -0.830. The van der Waals surface area contributed by atoms with Gasteiger partial charge < -0.3 is 5.73 Å². The van der Waals surface area contributed by atoms with E-state index in [1.165, 1.54) is 32.1 Å². The van der Waals surface area contributed by atoms with Crippen LogP contribution < -0.4 is 5.73 Å². The highest BCUT2D eigenvalue weighted by Gasteiger charge is 2.25. The molecule has 0 bridgehead atoms. The van der Waals surface area contributed by atoms with E-state index in [4.69, 9.17) is 5.73 Å². The molecule has 3 heteroatoms. The summed E-state index contributed by atoms with van der Waals surface area (Å²) >= 11 is 0. The Morgan fingerprint density at radius 3 is 2.53 bits per heavy atom. The molecule has 0 aromatic carbocycles. The van der Waals surface area contributed by atoms with Crippen molar-refractivity contribution in [2.45, 2.75) is 71.4 Å². The minimum atomic E-state index is 0.285. The summed E-state index contributed by atoms with van der Waals surface area (Å²) in [6.07, 6.45) is 9.70. The molecule has 1 aliphatic carbocycles. The van der Waals surface area contributed by atoms with Crippen molar-refractivity contribution in [2.75, 3.05) is 0 Å². The summed E-state index contributed by atoms with van der Waals surface area (Å²) in [5.74, 6) is 1.65. The van der Waals surface area contributed by atoms with E-state index in [2.05, 4.69) is 38.1 Å². The van der Waals surface area contributed by atoms with Crippen molar-refractivity contribution < 1.29 is 0 Å². The van der Waals surface area contributed by atoms with Crippen LogP contribution in [0.25, 0.3) is 0 Å². The van der Waals surface area contributed by atoms with Gasteiger partial charge in [-0.15, -0.1) is 0 Å². The van der Waals surface area contributed by atoms with Crippen LogP contribution in [0.15, 0.2) is 12.3 Å². The van der Waals surface area contributed by atoms with Crippen molar-refractivity contribution in [1.29, 1.82) is 0 Å². The third-order valence-corrected chi connectivity index (χ3v) is 4.71. The second kappa shape index (κ2) is 6.56. The molecule has 1 atom stereocenters. The van der Waals surface area contributed by atoms with Crippen LogP contribution in [0.2, 0.25) is 0 Å². The molecule has 1 saturated carbocycles. The highest BCUT2D eigenvalue weighted by molar-refractivity contribution is 5.02. The Morgan fingerprint density at radius 1 is 1.32 bits per heavy atom. The quantitative estimate of drug-likeness (QED) is 0.883. The van der Waals surface area contributed by atoms with Gasteiger partial charge >= 0.3 is 0 Å². The summed E-state index contributed by atoms with van der Waals surface area (Å²) < 4.78 is 2.02. The maximum atomic E-state index is 6.40. The minimum Gasteiger partial charge on any atom is -0.327 e. The fourth-order valence-electron chi connectivity index (χ4n) is 3.21. The number of nitrogens with zero attached hydrogens (tertiary/aromatic N) is 2. The average molecular weight is 263 g/mol. The van der Waals surface area contributed by atoms with E-state index in [0.29, 0.717) is 12.0 Å². The maximum Gasteiger partial charge on any atom is 0.0640 e. The predicted octanol–water partition coefficient (Wildman–Crippen LogP) is 3.55. The minimum absolute atomic E-state index is 0.285. The molecule has 1 unspecified atom stereocenters. The highest BCUT2D eigenvalue weighted by Crippen LogP contribution is 2.32. The summed E-state index contributed by atoms with van der Waals surface area (Å²) in [5.41, 5.74) is 7.56. The van der Waals surface area contributed by atoms with Gasteiger partial charge in [0.2, 0.25) is 0 Å². The number of aromatic nitrogens is 2. The highest BCUT2D eigenvalue weighted by atomic mass is 15.3. The van der Waals surface area contributed by atoms with Crippen molar-refractivity contribution in [1.82, 2.24) is 9.78 Å². The molecule has 1 heterocycles. The first kappa shape index (κ1) is 14.6. The molecule has 0 radical (unpaired) electrons. The van der Waals surface area contributed by atoms with Crippen LogP contribution >= 0.6 is 0 Å². The van der Waals surface area contributed by atoms with Gasteiger partial charge in [0.15, 0.2) is 0 Å². The van der Waals surface area contributed by atoms with Gasteiger partial charge in [-0.05, 0) is 44.6 Å². The fourth-order valence-corrected chi connectivity index (χ4v) is 3.21. The molecule has 1 aromatic rings. The third kappa shape index (κ3) is 3.82. The molecular formula is C16H29N3. The standard InChI is InChI=1S/C16H29N3/c1-4-13-5-7-14(8-6-13)16(17)11-15-9-10-19(18-15)12(2)3/h9-10,12-14,16H,4-8,11,17H2,1-3H3. The largest absolute Gasteiger partial charge is 0.327 e. The van der Waals surface area contributed by atoms with Crippen LogP contribution in [-0.4, -0.2) is 15.8 Å². The van der Waals surface area contributed by atoms with Crippen LogP contribution in [0.5, 0.6) is 0 Å². The summed E-state index contributed by atoms with van der Waals surface area (Å²) in [5, 5.41) is 4.61. The van der Waals surface area contributed by atoms with Gasteiger partial charge in [-0.3, -0.25) is 4.68 Å². The molecule has 2 N–H and O–H groups in total. The maximum absolute atomic E-state index is 6.40. The third-order valence-electron chi connectivity index (χ3n) is 4.71. The van der Waals surface area contributed by atoms with Crippen LogP contribution in [0, 0.1) is 11.8 Å². The van der Waals surface area contributed by atoms with Crippen molar-refractivity contribution in [3.8, 4) is 0 Å². The normalized spacial score (nSPS) is 25.7. The van der Waals surface area contributed by atoms with Gasteiger partial charge in [0.05, 0.1) is 5.69 Å². The van der Waals surface area contributed by atoms with Crippen molar-refractivity contribution in [3.05, 3.63) is 18.0 Å². The van der Waals surface area contributed by atoms with E-state index in [1.807, 2.05) is 4.68 Å². The topological polar surface area (TPSA) is 43.8 Å². The molecule has 2 rings (SSSR count). The zero-order valence-corrected chi connectivity index (χ0v) is 12.7. The van der Waals surface area contributed by atoms with Gasteiger partial charge in [-0.1, -0.05) is 26.2 Å². The molecule has 1 fully saturated rings. The van der Waals surface area contributed by atoms with Crippen LogP contribution in [-0.2, 0) is 6.42 Å². The van der Waals surface area contributed by atoms with E-state index in [1.54, 1.807) is 0 Å². The SMILES string of the molecule is CCC1CCC(C(N)Cc2ccn(C(C)C)n2)CC1. The molecule has 0 saturated heterocycles. The second-order valence-electron chi connectivity index (χ2n) is 6.44. The lowest BCUT2D eigenvalue weighted by Gasteiger charge is -2.31. The Bertz CT molecular complexity index is 375. The van der Waals surface area contributed by atoms with Crippen LogP contribution in [0.1, 0.15) is 64.6 Å². The van der Waals surface area contributed by atoms with Gasteiger partial charge in [0.25, 0.3) is 0 Å². The molecular weight excluding hydrogens is 234 g/mol. The second-order valence-corrected chi connectivity index (χ2v) is 6.44. The zero-order valence-electron chi connectivity index (χ0n) is 12.7. The Balaban J connectivity index is 1.85. The molecule has 3 nitrogen and oxygen atoms in total. The van der Waals surface area contributed by atoms with E-state index in [0.717, 1.165) is 18.0 Å². The first-order chi connectivity index (χ1) is 9.10. The monoisotopic (exact) mass is 263 g/mol. The molecule has 108 valence electrons. The first-order valence-corrected chi connectivity index (χ1v) is 7.89. The number of hydrogen-bond donors (Lipinski definition) is 1. The molecule has 0 spiro atoms. The molecule has 0 amide bonds. The van der Waals surface area contributed by atoms with Gasteiger partial charge in [0, 0.05) is 24.7 Å². The van der Waals surface area contributed by atoms with Crippen molar-refractivity contribution in [3.63, 3.8) is 0 Å².